The Morgan fingerprint density at radius 1 is 1.14 bits per heavy atom. The minimum Gasteiger partial charge on any atom is -0.384 e. The molecule has 2 fully saturated rings. The number of hydrogen-bond acceptors (Lipinski definition) is 3. The van der Waals surface area contributed by atoms with Crippen LogP contribution in [0, 0.1) is 5.41 Å². The summed E-state index contributed by atoms with van der Waals surface area (Å²) in [7, 11) is 1.75. The van der Waals surface area contributed by atoms with Crippen molar-refractivity contribution < 1.29 is 14.2 Å². The van der Waals surface area contributed by atoms with Gasteiger partial charge in [0, 0.05) is 18.9 Å². The molecule has 0 bridgehead atoms. The van der Waals surface area contributed by atoms with E-state index in [0.717, 1.165) is 32.7 Å². The average Bonchev–Trinajstić information content (AvgIpc) is 2.62. The highest BCUT2D eigenvalue weighted by molar-refractivity contribution is 4.96. The van der Waals surface area contributed by atoms with Gasteiger partial charge in [0.2, 0.25) is 0 Å². The van der Waals surface area contributed by atoms with Gasteiger partial charge >= 0.3 is 0 Å². The third kappa shape index (κ3) is 1.47. The lowest BCUT2D eigenvalue weighted by molar-refractivity contribution is -0.261. The first kappa shape index (κ1) is 10.4. The lowest BCUT2D eigenvalue weighted by Gasteiger charge is -2.47. The second-order valence-corrected chi connectivity index (χ2v) is 4.65. The Morgan fingerprint density at radius 3 is 2.43 bits per heavy atom. The van der Waals surface area contributed by atoms with Crippen LogP contribution in [-0.2, 0) is 14.2 Å². The smallest absolute Gasteiger partial charge is 0.175 e. The van der Waals surface area contributed by atoms with Gasteiger partial charge in [-0.2, -0.15) is 0 Å². The zero-order valence-electron chi connectivity index (χ0n) is 9.17. The van der Waals surface area contributed by atoms with Crippen LogP contribution in [0.5, 0.6) is 0 Å². The lowest BCUT2D eigenvalue weighted by Crippen LogP contribution is -2.52. The molecule has 0 radical (unpaired) electrons. The molecular formula is C11H20O3. The van der Waals surface area contributed by atoms with Crippen LogP contribution in [-0.4, -0.2) is 32.7 Å². The molecule has 0 amide bonds. The predicted molar refractivity (Wildman–Crippen MR) is 53.1 cm³/mol. The summed E-state index contributed by atoms with van der Waals surface area (Å²) in [6.07, 6.45) is 4.63. The number of hydrogen-bond donors (Lipinski definition) is 0. The first-order valence-electron chi connectivity index (χ1n) is 5.49. The van der Waals surface area contributed by atoms with Crippen LogP contribution >= 0.6 is 0 Å². The van der Waals surface area contributed by atoms with Crippen LogP contribution < -0.4 is 0 Å². The Balaban J connectivity index is 2.17. The molecule has 2 aliphatic rings. The third-order valence-electron chi connectivity index (χ3n) is 3.62. The average molecular weight is 200 g/mol. The first-order valence-corrected chi connectivity index (χ1v) is 5.49. The highest BCUT2D eigenvalue weighted by Crippen LogP contribution is 2.49. The van der Waals surface area contributed by atoms with Gasteiger partial charge in [-0.1, -0.05) is 13.3 Å². The first-order chi connectivity index (χ1) is 6.72. The van der Waals surface area contributed by atoms with E-state index in [0.29, 0.717) is 0 Å². The van der Waals surface area contributed by atoms with Gasteiger partial charge in [-0.15, -0.1) is 0 Å². The SMILES string of the molecule is COCC1(C)CCCCC12OCCO2. The zero-order chi connectivity index (χ0) is 10.1. The molecule has 1 aliphatic heterocycles. The molecular weight excluding hydrogens is 180 g/mol. The van der Waals surface area contributed by atoms with Crippen molar-refractivity contribution in [3.05, 3.63) is 0 Å². The van der Waals surface area contributed by atoms with Crippen LogP contribution in [0.4, 0.5) is 0 Å². The summed E-state index contributed by atoms with van der Waals surface area (Å²) in [5.74, 6) is -0.346. The van der Waals surface area contributed by atoms with E-state index in [9.17, 15) is 0 Å². The summed E-state index contributed by atoms with van der Waals surface area (Å²) in [5.41, 5.74) is 0.0382. The van der Waals surface area contributed by atoms with E-state index in [1.165, 1.54) is 12.8 Å². The topological polar surface area (TPSA) is 27.7 Å². The van der Waals surface area contributed by atoms with Gasteiger partial charge in [-0.3, -0.25) is 0 Å². The van der Waals surface area contributed by atoms with Crippen molar-refractivity contribution in [3.8, 4) is 0 Å². The molecule has 1 atom stereocenters. The predicted octanol–water partition coefficient (Wildman–Crippen LogP) is 1.96. The fourth-order valence-corrected chi connectivity index (χ4v) is 2.81. The Kier molecular flexibility index (Phi) is 2.82. The molecule has 1 spiro atoms. The normalized spacial score (nSPS) is 36.4. The van der Waals surface area contributed by atoms with Crippen LogP contribution in [0.3, 0.4) is 0 Å². The fourth-order valence-electron chi connectivity index (χ4n) is 2.81. The minimum absolute atomic E-state index is 0.0382. The quantitative estimate of drug-likeness (QED) is 0.682. The number of methoxy groups -OCH3 is 1. The van der Waals surface area contributed by atoms with Gasteiger partial charge in [-0.25, -0.2) is 0 Å². The van der Waals surface area contributed by atoms with E-state index in [-0.39, 0.29) is 11.2 Å². The third-order valence-corrected chi connectivity index (χ3v) is 3.62. The summed E-state index contributed by atoms with van der Waals surface area (Å²) >= 11 is 0. The maximum atomic E-state index is 5.85. The minimum atomic E-state index is -0.346. The molecule has 1 saturated heterocycles. The van der Waals surface area contributed by atoms with Gasteiger partial charge < -0.3 is 14.2 Å². The Morgan fingerprint density at radius 2 is 1.79 bits per heavy atom. The van der Waals surface area contributed by atoms with Crippen molar-refractivity contribution in [3.63, 3.8) is 0 Å². The second-order valence-electron chi connectivity index (χ2n) is 4.65. The van der Waals surface area contributed by atoms with E-state index >= 15 is 0 Å². The van der Waals surface area contributed by atoms with Gasteiger partial charge in [-0.05, 0) is 12.8 Å². The van der Waals surface area contributed by atoms with Crippen molar-refractivity contribution >= 4 is 0 Å². The van der Waals surface area contributed by atoms with E-state index in [1.54, 1.807) is 7.11 Å². The molecule has 2 rings (SSSR count). The lowest BCUT2D eigenvalue weighted by atomic mass is 9.71. The molecule has 3 heteroatoms. The van der Waals surface area contributed by atoms with Crippen LogP contribution in [0.2, 0.25) is 0 Å². The van der Waals surface area contributed by atoms with Gasteiger partial charge in [0.25, 0.3) is 0 Å². The second kappa shape index (κ2) is 3.80. The molecule has 14 heavy (non-hydrogen) atoms. The molecule has 0 N–H and O–H groups in total. The summed E-state index contributed by atoms with van der Waals surface area (Å²) in [6, 6.07) is 0. The highest BCUT2D eigenvalue weighted by atomic mass is 16.7. The summed E-state index contributed by atoms with van der Waals surface area (Å²) in [4.78, 5) is 0. The summed E-state index contributed by atoms with van der Waals surface area (Å²) in [6.45, 7) is 4.42. The van der Waals surface area contributed by atoms with E-state index in [4.69, 9.17) is 14.2 Å². The molecule has 82 valence electrons. The van der Waals surface area contributed by atoms with Crippen molar-refractivity contribution in [1.29, 1.82) is 0 Å². The molecule has 1 saturated carbocycles. The van der Waals surface area contributed by atoms with Crippen LogP contribution in [0.1, 0.15) is 32.6 Å². The van der Waals surface area contributed by atoms with E-state index in [1.807, 2.05) is 0 Å². The monoisotopic (exact) mass is 200 g/mol. The Labute approximate surface area is 85.7 Å². The molecule has 1 aliphatic carbocycles. The van der Waals surface area contributed by atoms with Gasteiger partial charge in [0.1, 0.15) is 0 Å². The highest BCUT2D eigenvalue weighted by Gasteiger charge is 2.54. The van der Waals surface area contributed by atoms with Crippen molar-refractivity contribution in [2.45, 2.75) is 38.4 Å². The largest absolute Gasteiger partial charge is 0.384 e. The van der Waals surface area contributed by atoms with Gasteiger partial charge in [0.15, 0.2) is 5.79 Å². The Hall–Kier alpha value is -0.120. The fraction of sp³-hybridized carbons (Fsp3) is 1.00. The maximum Gasteiger partial charge on any atom is 0.175 e. The molecule has 1 heterocycles. The summed E-state index contributed by atoms with van der Waals surface area (Å²) < 4.78 is 17.0. The van der Waals surface area contributed by atoms with E-state index < -0.39 is 0 Å². The number of rotatable bonds is 2. The summed E-state index contributed by atoms with van der Waals surface area (Å²) in [5, 5.41) is 0. The molecule has 0 aromatic rings. The molecule has 3 nitrogen and oxygen atoms in total. The van der Waals surface area contributed by atoms with Crippen molar-refractivity contribution in [2.75, 3.05) is 26.9 Å². The van der Waals surface area contributed by atoms with Crippen molar-refractivity contribution in [1.82, 2.24) is 0 Å². The number of ether oxygens (including phenoxy) is 3. The van der Waals surface area contributed by atoms with Crippen molar-refractivity contribution in [2.24, 2.45) is 5.41 Å². The molecule has 1 unspecified atom stereocenters. The zero-order valence-corrected chi connectivity index (χ0v) is 9.17. The van der Waals surface area contributed by atoms with Crippen LogP contribution in [0.25, 0.3) is 0 Å². The standard InChI is InChI=1S/C11H20O3/c1-10(9-12-2)5-3-4-6-11(10)13-7-8-14-11/h3-9H2,1-2H3. The maximum absolute atomic E-state index is 5.85. The van der Waals surface area contributed by atoms with Crippen LogP contribution in [0.15, 0.2) is 0 Å². The van der Waals surface area contributed by atoms with Gasteiger partial charge in [0.05, 0.1) is 19.8 Å². The van der Waals surface area contributed by atoms with E-state index in [2.05, 4.69) is 6.92 Å². The Bertz CT molecular complexity index is 195. The molecule has 0 aromatic carbocycles. The molecule has 0 aromatic heterocycles.